The third kappa shape index (κ3) is 3.63. The Morgan fingerprint density at radius 3 is 2.70 bits per heavy atom. The van der Waals surface area contributed by atoms with Gasteiger partial charge in [-0.2, -0.15) is 0 Å². The van der Waals surface area contributed by atoms with Gasteiger partial charge in [0.1, 0.15) is 5.75 Å². The molecule has 0 bridgehead atoms. The van der Waals surface area contributed by atoms with Gasteiger partial charge in [-0.3, -0.25) is 0 Å². The predicted octanol–water partition coefficient (Wildman–Crippen LogP) is 5.45. The smallest absolute Gasteiger partial charge is 0.123 e. The second-order valence-corrected chi connectivity index (χ2v) is 7.28. The Labute approximate surface area is 140 Å². The Balaban J connectivity index is 1.91. The third-order valence-corrected chi connectivity index (χ3v) is 5.41. The lowest BCUT2D eigenvalue weighted by Gasteiger charge is -2.31. The summed E-state index contributed by atoms with van der Waals surface area (Å²) >= 11 is 0. The molecule has 1 unspecified atom stereocenters. The van der Waals surface area contributed by atoms with Crippen LogP contribution in [0.2, 0.25) is 0 Å². The fourth-order valence-corrected chi connectivity index (χ4v) is 3.96. The average Bonchev–Trinajstić information content (AvgIpc) is 2.49. The van der Waals surface area contributed by atoms with Crippen LogP contribution in [0.15, 0.2) is 23.8 Å². The summed E-state index contributed by atoms with van der Waals surface area (Å²) in [6, 6.07) is 4.45. The molecule has 23 heavy (non-hydrogen) atoms. The van der Waals surface area contributed by atoms with E-state index in [1.54, 1.807) is 0 Å². The molecule has 0 saturated carbocycles. The largest absolute Gasteiger partial charge is 0.507 e. The van der Waals surface area contributed by atoms with Gasteiger partial charge < -0.3 is 9.84 Å². The molecular formula is C21H30O2. The van der Waals surface area contributed by atoms with Gasteiger partial charge in [0.15, 0.2) is 0 Å². The second-order valence-electron chi connectivity index (χ2n) is 7.28. The van der Waals surface area contributed by atoms with E-state index in [-0.39, 0.29) is 0 Å². The number of ether oxygens (including phenoxy) is 1. The molecule has 1 aromatic rings. The molecule has 3 rings (SSSR count). The van der Waals surface area contributed by atoms with E-state index in [9.17, 15) is 5.11 Å². The van der Waals surface area contributed by atoms with Crippen molar-refractivity contribution in [1.29, 1.82) is 0 Å². The summed E-state index contributed by atoms with van der Waals surface area (Å²) in [4.78, 5) is 0. The first kappa shape index (κ1) is 16.6. The Bertz CT molecular complexity index is 569. The van der Waals surface area contributed by atoms with Gasteiger partial charge in [0.05, 0.1) is 13.2 Å². The normalized spacial score (nSPS) is 21.8. The van der Waals surface area contributed by atoms with E-state index in [0.29, 0.717) is 17.6 Å². The van der Waals surface area contributed by atoms with Crippen molar-refractivity contribution in [2.24, 2.45) is 0 Å². The van der Waals surface area contributed by atoms with Crippen LogP contribution < -0.4 is 0 Å². The van der Waals surface area contributed by atoms with Gasteiger partial charge >= 0.3 is 0 Å². The van der Waals surface area contributed by atoms with Crippen LogP contribution in [0.1, 0.15) is 80.9 Å². The highest BCUT2D eigenvalue weighted by Gasteiger charge is 2.29. The van der Waals surface area contributed by atoms with E-state index in [0.717, 1.165) is 31.6 Å². The number of rotatable bonds is 6. The van der Waals surface area contributed by atoms with Crippen LogP contribution in [-0.4, -0.2) is 18.3 Å². The maximum atomic E-state index is 11.0. The van der Waals surface area contributed by atoms with E-state index in [1.165, 1.54) is 48.8 Å². The number of hydrogen-bond donors (Lipinski definition) is 1. The average molecular weight is 314 g/mol. The fourth-order valence-electron chi connectivity index (χ4n) is 3.96. The minimum Gasteiger partial charge on any atom is -0.507 e. The van der Waals surface area contributed by atoms with Gasteiger partial charge in [0.2, 0.25) is 0 Å². The molecule has 2 aliphatic rings. The Morgan fingerprint density at radius 2 is 2.04 bits per heavy atom. The Hall–Kier alpha value is -1.28. The minimum atomic E-state index is 0.383. The minimum absolute atomic E-state index is 0.383. The predicted molar refractivity (Wildman–Crippen MR) is 95.2 cm³/mol. The zero-order chi connectivity index (χ0) is 16.2. The summed E-state index contributed by atoms with van der Waals surface area (Å²) in [6.45, 7) is 5.97. The lowest BCUT2D eigenvalue weighted by atomic mass is 9.81. The number of benzene rings is 1. The summed E-state index contributed by atoms with van der Waals surface area (Å²) in [5.74, 6) is 1.33. The highest BCUT2D eigenvalue weighted by Crippen LogP contribution is 2.42. The molecule has 2 nitrogen and oxygen atoms in total. The molecule has 0 spiro atoms. The highest BCUT2D eigenvalue weighted by molar-refractivity contribution is 5.51. The van der Waals surface area contributed by atoms with Gasteiger partial charge in [0.25, 0.3) is 0 Å². The van der Waals surface area contributed by atoms with Crippen LogP contribution in [-0.2, 0) is 11.2 Å². The van der Waals surface area contributed by atoms with E-state index in [1.807, 2.05) is 0 Å². The van der Waals surface area contributed by atoms with Crippen LogP contribution in [0.5, 0.6) is 5.75 Å². The van der Waals surface area contributed by atoms with Crippen molar-refractivity contribution in [3.63, 3.8) is 0 Å². The zero-order valence-corrected chi connectivity index (χ0v) is 14.6. The summed E-state index contributed by atoms with van der Waals surface area (Å²) < 4.78 is 5.40. The van der Waals surface area contributed by atoms with E-state index < -0.39 is 0 Å². The van der Waals surface area contributed by atoms with Crippen LogP contribution in [0.4, 0.5) is 0 Å². The van der Waals surface area contributed by atoms with Crippen LogP contribution in [0, 0.1) is 0 Å². The molecule has 1 atom stereocenters. The molecule has 1 aromatic carbocycles. The SMILES string of the molecule is CCCCCc1ccc(C2C=C(C)CCC2)c(O)c1C1COC1. The van der Waals surface area contributed by atoms with Gasteiger partial charge in [-0.25, -0.2) is 0 Å². The van der Waals surface area contributed by atoms with Gasteiger partial charge in [-0.1, -0.05) is 43.5 Å². The number of unbranched alkanes of at least 4 members (excludes halogenated alkanes) is 2. The Morgan fingerprint density at radius 1 is 1.22 bits per heavy atom. The van der Waals surface area contributed by atoms with Crippen molar-refractivity contribution in [1.82, 2.24) is 0 Å². The zero-order valence-electron chi connectivity index (χ0n) is 14.6. The molecule has 126 valence electrons. The van der Waals surface area contributed by atoms with Crippen molar-refractivity contribution < 1.29 is 9.84 Å². The van der Waals surface area contributed by atoms with Crippen molar-refractivity contribution in [3.05, 3.63) is 40.5 Å². The van der Waals surface area contributed by atoms with E-state index in [2.05, 4.69) is 32.1 Å². The standard InChI is InChI=1S/C21H30O2/c1-3-4-5-8-16-10-11-19(17-9-6-7-15(2)12-17)21(22)20(16)18-13-23-14-18/h10-12,17-18,22H,3-9,13-14H2,1-2H3. The number of hydrogen-bond acceptors (Lipinski definition) is 2. The molecule has 1 saturated heterocycles. The van der Waals surface area contributed by atoms with E-state index in [4.69, 9.17) is 4.74 Å². The summed E-state index contributed by atoms with van der Waals surface area (Å²) in [5.41, 5.74) is 5.11. The third-order valence-electron chi connectivity index (χ3n) is 5.41. The number of aryl methyl sites for hydroxylation is 1. The number of phenolic OH excluding ortho intramolecular Hbond substituents is 1. The first-order valence-electron chi connectivity index (χ1n) is 9.30. The van der Waals surface area contributed by atoms with Gasteiger partial charge in [-0.05, 0) is 44.6 Å². The van der Waals surface area contributed by atoms with Crippen molar-refractivity contribution >= 4 is 0 Å². The monoisotopic (exact) mass is 314 g/mol. The van der Waals surface area contributed by atoms with Crippen molar-refractivity contribution in [2.45, 2.75) is 70.6 Å². The molecule has 1 heterocycles. The van der Waals surface area contributed by atoms with Crippen molar-refractivity contribution in [2.75, 3.05) is 13.2 Å². The molecule has 1 fully saturated rings. The topological polar surface area (TPSA) is 29.5 Å². The molecule has 2 heteroatoms. The van der Waals surface area contributed by atoms with Crippen LogP contribution in [0.3, 0.4) is 0 Å². The maximum absolute atomic E-state index is 11.0. The molecule has 0 amide bonds. The van der Waals surface area contributed by atoms with Gasteiger partial charge in [0, 0.05) is 23.0 Å². The number of phenols is 1. The van der Waals surface area contributed by atoms with Crippen LogP contribution >= 0.6 is 0 Å². The van der Waals surface area contributed by atoms with Gasteiger partial charge in [-0.15, -0.1) is 0 Å². The van der Waals surface area contributed by atoms with Crippen LogP contribution in [0.25, 0.3) is 0 Å². The summed E-state index contributed by atoms with van der Waals surface area (Å²) in [5, 5.41) is 11.0. The lowest BCUT2D eigenvalue weighted by molar-refractivity contribution is 0.00711. The molecule has 0 aromatic heterocycles. The first-order valence-corrected chi connectivity index (χ1v) is 9.30. The maximum Gasteiger partial charge on any atom is 0.123 e. The first-order chi connectivity index (χ1) is 11.2. The number of aromatic hydroxyl groups is 1. The molecule has 0 radical (unpaired) electrons. The summed E-state index contributed by atoms with van der Waals surface area (Å²) in [7, 11) is 0. The Kier molecular flexibility index (Phi) is 5.42. The molecular weight excluding hydrogens is 284 g/mol. The summed E-state index contributed by atoms with van der Waals surface area (Å²) in [6.07, 6.45) is 10.7. The highest BCUT2D eigenvalue weighted by atomic mass is 16.5. The fraction of sp³-hybridized carbons (Fsp3) is 0.619. The van der Waals surface area contributed by atoms with Crippen molar-refractivity contribution in [3.8, 4) is 5.75 Å². The molecule has 1 aliphatic heterocycles. The van der Waals surface area contributed by atoms with E-state index >= 15 is 0 Å². The lowest BCUT2D eigenvalue weighted by Crippen LogP contribution is -2.26. The second kappa shape index (κ2) is 7.53. The molecule has 1 aliphatic carbocycles. The number of allylic oxidation sites excluding steroid dienone is 2. The molecule has 1 N–H and O–H groups in total. The quantitative estimate of drug-likeness (QED) is 0.558.